The summed E-state index contributed by atoms with van der Waals surface area (Å²) in [5.74, 6) is -0.0883. The lowest BCUT2D eigenvalue weighted by Crippen LogP contribution is -2.45. The van der Waals surface area contributed by atoms with Crippen LogP contribution in [0.5, 0.6) is 0 Å². The molecule has 23 heavy (non-hydrogen) atoms. The topological polar surface area (TPSA) is 67.4 Å². The number of rotatable bonds is 6. The van der Waals surface area contributed by atoms with Gasteiger partial charge in [-0.1, -0.05) is 6.42 Å². The summed E-state index contributed by atoms with van der Waals surface area (Å²) in [5, 5.41) is 5.84. The van der Waals surface area contributed by atoms with Crippen LogP contribution in [0.25, 0.3) is 0 Å². The van der Waals surface area contributed by atoms with Crippen LogP contribution in [0.1, 0.15) is 49.0 Å². The average molecular weight is 318 g/mol. The quantitative estimate of drug-likeness (QED) is 0.847. The number of nitrogens with one attached hydrogen (secondary N) is 2. The Hall–Kier alpha value is -1.88. The van der Waals surface area contributed by atoms with Gasteiger partial charge >= 0.3 is 0 Å². The molecular formula is C18H26N2O3. The summed E-state index contributed by atoms with van der Waals surface area (Å²) in [4.78, 5) is 24.6. The summed E-state index contributed by atoms with van der Waals surface area (Å²) in [6.45, 7) is 6.18. The Labute approximate surface area is 137 Å². The predicted octanol–water partition coefficient (Wildman–Crippen LogP) is 2.89. The van der Waals surface area contributed by atoms with Crippen molar-refractivity contribution in [1.29, 1.82) is 0 Å². The Morgan fingerprint density at radius 3 is 2.48 bits per heavy atom. The zero-order valence-corrected chi connectivity index (χ0v) is 14.4. The molecular weight excluding hydrogens is 292 g/mol. The zero-order chi connectivity index (χ0) is 17.0. The van der Waals surface area contributed by atoms with Crippen molar-refractivity contribution >= 4 is 17.5 Å². The molecule has 1 fully saturated rings. The van der Waals surface area contributed by atoms with Crippen molar-refractivity contribution < 1.29 is 14.3 Å². The number of aryl methyl sites for hydroxylation is 1. The first-order valence-electron chi connectivity index (χ1n) is 8.10. The van der Waals surface area contributed by atoms with Crippen LogP contribution in [0.15, 0.2) is 18.2 Å². The first-order chi connectivity index (χ1) is 10.9. The molecule has 1 aliphatic rings. The molecule has 1 aliphatic carbocycles. The van der Waals surface area contributed by atoms with Crippen LogP contribution in [0.4, 0.5) is 5.69 Å². The summed E-state index contributed by atoms with van der Waals surface area (Å²) in [5.41, 5.74) is 1.80. The molecule has 1 aromatic rings. The molecule has 0 unspecified atom stereocenters. The molecule has 5 nitrogen and oxygen atoms in total. The average Bonchev–Trinajstić information content (AvgIpc) is 2.41. The van der Waals surface area contributed by atoms with Crippen LogP contribution < -0.4 is 10.6 Å². The number of carbonyl (C=O) groups is 2. The van der Waals surface area contributed by atoms with E-state index in [9.17, 15) is 9.59 Å². The van der Waals surface area contributed by atoms with E-state index < -0.39 is 5.41 Å². The molecule has 0 aliphatic heterocycles. The molecule has 0 radical (unpaired) electrons. The lowest BCUT2D eigenvalue weighted by Gasteiger charge is -2.39. The van der Waals surface area contributed by atoms with Crippen molar-refractivity contribution in [1.82, 2.24) is 5.32 Å². The van der Waals surface area contributed by atoms with Gasteiger partial charge in [0.05, 0.1) is 12.0 Å². The van der Waals surface area contributed by atoms with Crippen LogP contribution >= 0.6 is 0 Å². The van der Waals surface area contributed by atoms with E-state index in [0.29, 0.717) is 12.2 Å². The number of hydrogen-bond donors (Lipinski definition) is 2. The molecule has 1 aromatic carbocycles. The van der Waals surface area contributed by atoms with Crippen LogP contribution in [0.3, 0.4) is 0 Å². The minimum absolute atomic E-state index is 0.00406. The first kappa shape index (κ1) is 17.5. The van der Waals surface area contributed by atoms with Crippen molar-refractivity contribution in [3.63, 3.8) is 0 Å². The second kappa shape index (κ2) is 7.13. The van der Waals surface area contributed by atoms with E-state index in [1.165, 1.54) is 0 Å². The fourth-order valence-corrected chi connectivity index (χ4v) is 2.92. The van der Waals surface area contributed by atoms with Gasteiger partial charge in [0.1, 0.15) is 0 Å². The summed E-state index contributed by atoms with van der Waals surface area (Å²) in [6, 6.07) is 5.46. The Bertz CT molecular complexity index is 592. The summed E-state index contributed by atoms with van der Waals surface area (Å²) >= 11 is 0. The highest BCUT2D eigenvalue weighted by atomic mass is 16.5. The number of hydrogen-bond acceptors (Lipinski definition) is 3. The van der Waals surface area contributed by atoms with Gasteiger partial charge in [0.2, 0.25) is 5.91 Å². The van der Waals surface area contributed by atoms with E-state index in [1.54, 1.807) is 19.2 Å². The largest absolute Gasteiger partial charge is 0.384 e. The fraction of sp³-hybridized carbons (Fsp3) is 0.556. The van der Waals surface area contributed by atoms with Crippen molar-refractivity contribution in [3.05, 3.63) is 29.3 Å². The maximum Gasteiger partial charge on any atom is 0.251 e. The van der Waals surface area contributed by atoms with Crippen molar-refractivity contribution in [2.45, 2.75) is 46.1 Å². The molecule has 0 spiro atoms. The second-order valence-corrected chi connectivity index (χ2v) is 6.68. The Morgan fingerprint density at radius 2 is 2.00 bits per heavy atom. The molecule has 1 saturated carbocycles. The minimum atomic E-state index is -0.393. The van der Waals surface area contributed by atoms with Gasteiger partial charge in [-0.2, -0.15) is 0 Å². The smallest absolute Gasteiger partial charge is 0.251 e. The third-order valence-electron chi connectivity index (χ3n) is 4.36. The van der Waals surface area contributed by atoms with Crippen molar-refractivity contribution in [2.24, 2.45) is 5.41 Å². The fourth-order valence-electron chi connectivity index (χ4n) is 2.92. The molecule has 0 aromatic heterocycles. The normalized spacial score (nSPS) is 15.9. The maximum atomic E-state index is 12.5. The SMILES string of the molecule is COCC1(C(=O)Nc2ccc(C(=O)NC(C)C)c(C)c2)CCC1. The van der Waals surface area contributed by atoms with Crippen LogP contribution in [0, 0.1) is 12.3 Å². The van der Waals surface area contributed by atoms with Gasteiger partial charge in [0.15, 0.2) is 0 Å². The number of benzene rings is 1. The van der Waals surface area contributed by atoms with Gasteiger partial charge in [-0.3, -0.25) is 9.59 Å². The van der Waals surface area contributed by atoms with Crippen molar-refractivity contribution in [2.75, 3.05) is 19.0 Å². The van der Waals surface area contributed by atoms with Gasteiger partial charge < -0.3 is 15.4 Å². The van der Waals surface area contributed by atoms with Crippen LogP contribution in [-0.2, 0) is 9.53 Å². The Kier molecular flexibility index (Phi) is 5.42. The second-order valence-electron chi connectivity index (χ2n) is 6.68. The highest BCUT2D eigenvalue weighted by Gasteiger charge is 2.44. The summed E-state index contributed by atoms with van der Waals surface area (Å²) in [7, 11) is 1.62. The van der Waals surface area contributed by atoms with E-state index in [0.717, 1.165) is 30.5 Å². The predicted molar refractivity (Wildman–Crippen MR) is 90.6 cm³/mol. The number of anilines is 1. The highest BCUT2D eigenvalue weighted by molar-refractivity contribution is 5.98. The van der Waals surface area contributed by atoms with Gasteiger partial charge in [-0.05, 0) is 57.4 Å². The van der Waals surface area contributed by atoms with Gasteiger partial charge in [-0.15, -0.1) is 0 Å². The molecule has 5 heteroatoms. The van der Waals surface area contributed by atoms with Crippen LogP contribution in [-0.4, -0.2) is 31.6 Å². The third kappa shape index (κ3) is 3.91. The molecule has 0 atom stereocenters. The molecule has 126 valence electrons. The molecule has 2 rings (SSSR count). The highest BCUT2D eigenvalue weighted by Crippen LogP contribution is 2.42. The molecule has 0 bridgehead atoms. The lowest BCUT2D eigenvalue weighted by molar-refractivity contribution is -0.134. The van der Waals surface area contributed by atoms with Gasteiger partial charge in [0.25, 0.3) is 5.91 Å². The van der Waals surface area contributed by atoms with Crippen molar-refractivity contribution in [3.8, 4) is 0 Å². The zero-order valence-electron chi connectivity index (χ0n) is 14.4. The Morgan fingerprint density at radius 1 is 1.30 bits per heavy atom. The van der Waals surface area contributed by atoms with Gasteiger partial charge in [0, 0.05) is 24.4 Å². The molecule has 0 saturated heterocycles. The minimum Gasteiger partial charge on any atom is -0.384 e. The molecule has 0 heterocycles. The lowest BCUT2D eigenvalue weighted by atomic mass is 9.68. The summed E-state index contributed by atoms with van der Waals surface area (Å²) in [6.07, 6.45) is 2.78. The maximum absolute atomic E-state index is 12.5. The molecule has 2 amide bonds. The number of amides is 2. The standard InChI is InChI=1S/C18H26N2O3/c1-12(2)19-16(21)15-7-6-14(10-13(15)3)20-17(22)18(11-23-4)8-5-9-18/h6-7,10,12H,5,8-9,11H2,1-4H3,(H,19,21)(H,20,22). The number of carbonyl (C=O) groups excluding carboxylic acids is 2. The van der Waals surface area contributed by atoms with Gasteiger partial charge in [-0.25, -0.2) is 0 Å². The number of methoxy groups -OCH3 is 1. The third-order valence-corrected chi connectivity index (χ3v) is 4.36. The Balaban J connectivity index is 2.08. The first-order valence-corrected chi connectivity index (χ1v) is 8.10. The number of ether oxygens (including phenoxy) is 1. The van der Waals surface area contributed by atoms with E-state index in [1.807, 2.05) is 26.8 Å². The van der Waals surface area contributed by atoms with Crippen LogP contribution in [0.2, 0.25) is 0 Å². The monoisotopic (exact) mass is 318 g/mol. The van der Waals surface area contributed by atoms with E-state index in [2.05, 4.69) is 10.6 Å². The summed E-state index contributed by atoms with van der Waals surface area (Å²) < 4.78 is 5.21. The van der Waals surface area contributed by atoms with E-state index in [-0.39, 0.29) is 17.9 Å². The van der Waals surface area contributed by atoms with E-state index in [4.69, 9.17) is 4.74 Å². The van der Waals surface area contributed by atoms with E-state index >= 15 is 0 Å². The molecule has 2 N–H and O–H groups in total.